The minimum atomic E-state index is -4.48. The summed E-state index contributed by atoms with van der Waals surface area (Å²) in [5.74, 6) is -0.170. The van der Waals surface area contributed by atoms with Crippen LogP contribution in [0.3, 0.4) is 0 Å². The van der Waals surface area contributed by atoms with Gasteiger partial charge in [-0.1, -0.05) is 20.8 Å². The van der Waals surface area contributed by atoms with Crippen molar-refractivity contribution in [1.82, 2.24) is 20.1 Å². The van der Waals surface area contributed by atoms with E-state index in [1.807, 2.05) is 20.8 Å². The molecule has 10 heteroatoms. The first-order valence-electron chi connectivity index (χ1n) is 11.4. The predicted octanol–water partition coefficient (Wildman–Crippen LogP) is 2.78. The van der Waals surface area contributed by atoms with Crippen LogP contribution in [0, 0.1) is 16.7 Å². The second-order valence-electron chi connectivity index (χ2n) is 11.0. The van der Waals surface area contributed by atoms with Crippen molar-refractivity contribution in [1.29, 1.82) is 0 Å². The van der Waals surface area contributed by atoms with Gasteiger partial charge in [0.2, 0.25) is 5.91 Å². The number of pyridine rings is 1. The Bertz CT molecular complexity index is 945. The van der Waals surface area contributed by atoms with E-state index in [2.05, 4.69) is 10.3 Å². The van der Waals surface area contributed by atoms with Crippen molar-refractivity contribution in [2.45, 2.75) is 58.8 Å². The Hall–Kier alpha value is -2.36. The van der Waals surface area contributed by atoms with Gasteiger partial charge in [-0.25, -0.2) is 4.79 Å². The van der Waals surface area contributed by atoms with Gasteiger partial charge in [-0.05, 0) is 35.8 Å². The van der Waals surface area contributed by atoms with Crippen molar-refractivity contribution in [2.24, 2.45) is 22.5 Å². The molecule has 1 aliphatic carbocycles. The number of amides is 3. The molecule has 3 heterocycles. The van der Waals surface area contributed by atoms with Crippen LogP contribution in [0.15, 0.2) is 12.3 Å². The highest BCUT2D eigenvalue weighted by atomic mass is 19.4. The molecule has 33 heavy (non-hydrogen) atoms. The van der Waals surface area contributed by atoms with Crippen LogP contribution in [0.25, 0.3) is 0 Å². The third-order valence-corrected chi connectivity index (χ3v) is 7.05. The summed E-state index contributed by atoms with van der Waals surface area (Å²) in [5.41, 5.74) is 5.60. The number of carbonyl (C=O) groups excluding carboxylic acids is 2. The van der Waals surface area contributed by atoms with Crippen molar-refractivity contribution in [3.63, 3.8) is 0 Å². The monoisotopic (exact) mass is 467 g/mol. The van der Waals surface area contributed by atoms with E-state index >= 15 is 0 Å². The third kappa shape index (κ3) is 4.67. The fourth-order valence-electron chi connectivity index (χ4n) is 5.43. The quantitative estimate of drug-likeness (QED) is 0.700. The number of nitrogens with zero attached hydrogens (tertiary/aromatic N) is 3. The first kappa shape index (κ1) is 23.8. The van der Waals surface area contributed by atoms with Crippen LogP contribution in [-0.4, -0.2) is 58.9 Å². The Morgan fingerprint density at radius 1 is 1.27 bits per heavy atom. The molecule has 3 atom stereocenters. The first-order valence-corrected chi connectivity index (χ1v) is 11.4. The predicted molar refractivity (Wildman–Crippen MR) is 116 cm³/mol. The number of hydrogen-bond acceptors (Lipinski definition) is 4. The number of nitrogens with one attached hydrogen (secondary N) is 1. The number of likely N-dealkylation sites (tertiary alicyclic amines) is 1. The Labute approximate surface area is 191 Å². The van der Waals surface area contributed by atoms with Crippen LogP contribution in [0.5, 0.6) is 0 Å². The smallest absolute Gasteiger partial charge is 0.337 e. The highest BCUT2D eigenvalue weighted by Gasteiger charge is 2.59. The molecular weight excluding hydrogens is 435 g/mol. The summed E-state index contributed by atoms with van der Waals surface area (Å²) in [5, 5.41) is 2.95. The summed E-state index contributed by atoms with van der Waals surface area (Å²) in [6.45, 7) is 7.83. The van der Waals surface area contributed by atoms with Crippen LogP contribution in [0.2, 0.25) is 0 Å². The van der Waals surface area contributed by atoms with Gasteiger partial charge in [0.25, 0.3) is 0 Å². The molecule has 2 aliphatic heterocycles. The second-order valence-corrected chi connectivity index (χ2v) is 11.0. The number of fused-ring (bicyclic) bond motifs is 2. The maximum atomic E-state index is 13.8. The number of alkyl halides is 3. The van der Waals surface area contributed by atoms with Crippen molar-refractivity contribution < 1.29 is 22.8 Å². The summed E-state index contributed by atoms with van der Waals surface area (Å²) in [6, 6.07) is 0.774. The van der Waals surface area contributed by atoms with E-state index in [-0.39, 0.29) is 42.4 Å². The first-order chi connectivity index (χ1) is 15.3. The van der Waals surface area contributed by atoms with E-state index in [4.69, 9.17) is 5.73 Å². The lowest BCUT2D eigenvalue weighted by atomic mass is 9.78. The van der Waals surface area contributed by atoms with Gasteiger partial charge < -0.3 is 20.9 Å². The highest BCUT2D eigenvalue weighted by Crippen LogP contribution is 2.50. The van der Waals surface area contributed by atoms with Gasteiger partial charge in [0.05, 0.1) is 11.0 Å². The lowest BCUT2D eigenvalue weighted by molar-refractivity contribution is -0.143. The fraction of sp³-hybridized carbons (Fsp3) is 0.696. The normalized spacial score (nSPS) is 27.4. The van der Waals surface area contributed by atoms with Crippen LogP contribution >= 0.6 is 0 Å². The van der Waals surface area contributed by atoms with Crippen LogP contribution in [-0.2, 0) is 23.9 Å². The lowest BCUT2D eigenvalue weighted by Gasteiger charge is -2.37. The van der Waals surface area contributed by atoms with Crippen LogP contribution in [0.1, 0.15) is 50.4 Å². The van der Waals surface area contributed by atoms with Crippen molar-refractivity contribution in [2.75, 3.05) is 26.2 Å². The standard InChI is InChI=1S/C23H32F3N5O2/c1-21(2,3)12-29-20(33)31-11-16-7-17(27)8-22(16,13-31)19(32)30-5-4-18-14(10-30)6-15(9-28-18)23(24,25)26/h6,9,16-17H,4-5,7-8,10-13,27H2,1-3H3,(H,29,33)/t16-,17+,22-/m0/s1. The highest BCUT2D eigenvalue weighted by molar-refractivity contribution is 5.86. The molecule has 0 spiro atoms. The Kier molecular flexibility index (Phi) is 5.87. The van der Waals surface area contributed by atoms with E-state index in [9.17, 15) is 22.8 Å². The van der Waals surface area contributed by atoms with Gasteiger partial charge in [-0.2, -0.15) is 13.2 Å². The minimum absolute atomic E-state index is 0.0542. The van der Waals surface area contributed by atoms with Gasteiger partial charge in [0.15, 0.2) is 0 Å². The molecule has 3 aliphatic rings. The van der Waals surface area contributed by atoms with E-state index in [0.717, 1.165) is 12.3 Å². The van der Waals surface area contributed by atoms with Crippen molar-refractivity contribution in [3.8, 4) is 0 Å². The van der Waals surface area contributed by atoms with Gasteiger partial charge in [-0.15, -0.1) is 0 Å². The zero-order chi connectivity index (χ0) is 24.2. The molecule has 1 saturated heterocycles. The Morgan fingerprint density at radius 3 is 2.67 bits per heavy atom. The van der Waals surface area contributed by atoms with E-state index in [1.165, 1.54) is 0 Å². The maximum absolute atomic E-state index is 13.8. The molecule has 7 nitrogen and oxygen atoms in total. The van der Waals surface area contributed by atoms with Gasteiger partial charge >= 0.3 is 12.2 Å². The lowest BCUT2D eigenvalue weighted by Crippen LogP contribution is -2.50. The molecular formula is C23H32F3N5O2. The molecule has 4 rings (SSSR count). The molecule has 1 aromatic heterocycles. The number of rotatable bonds is 2. The molecule has 1 saturated carbocycles. The van der Waals surface area contributed by atoms with Crippen LogP contribution in [0.4, 0.5) is 18.0 Å². The van der Waals surface area contributed by atoms with Gasteiger partial charge in [0.1, 0.15) is 0 Å². The van der Waals surface area contributed by atoms with E-state index in [0.29, 0.717) is 50.2 Å². The van der Waals surface area contributed by atoms with E-state index in [1.54, 1.807) is 9.80 Å². The third-order valence-electron chi connectivity index (χ3n) is 7.05. The molecule has 0 bridgehead atoms. The van der Waals surface area contributed by atoms with E-state index < -0.39 is 17.2 Å². The number of nitrogens with two attached hydrogens (primary N) is 1. The molecule has 1 aromatic rings. The average molecular weight is 468 g/mol. The molecule has 182 valence electrons. The zero-order valence-electron chi connectivity index (χ0n) is 19.3. The topological polar surface area (TPSA) is 91.6 Å². The number of carbonyl (C=O) groups is 2. The van der Waals surface area contributed by atoms with Crippen molar-refractivity contribution >= 4 is 11.9 Å². The molecule has 2 fully saturated rings. The summed E-state index contributed by atoms with van der Waals surface area (Å²) in [7, 11) is 0. The fourth-order valence-corrected chi connectivity index (χ4v) is 5.43. The molecule has 0 aromatic carbocycles. The average Bonchev–Trinajstić information content (AvgIpc) is 3.23. The zero-order valence-corrected chi connectivity index (χ0v) is 19.3. The summed E-state index contributed by atoms with van der Waals surface area (Å²) in [4.78, 5) is 33.9. The molecule has 3 N–H and O–H groups in total. The number of urea groups is 1. The second kappa shape index (κ2) is 8.14. The minimum Gasteiger partial charge on any atom is -0.337 e. The largest absolute Gasteiger partial charge is 0.417 e. The van der Waals surface area contributed by atoms with Gasteiger partial charge in [0, 0.05) is 57.1 Å². The molecule has 0 radical (unpaired) electrons. The van der Waals surface area contributed by atoms with Gasteiger partial charge in [-0.3, -0.25) is 9.78 Å². The number of halogens is 3. The van der Waals surface area contributed by atoms with Crippen LogP contribution < -0.4 is 11.1 Å². The Morgan fingerprint density at radius 2 is 2.00 bits per heavy atom. The SMILES string of the molecule is CC(C)(C)CNC(=O)N1C[C@@H]2C[C@@H](N)C[C@]2(C(=O)N2CCc3ncc(C(F)(F)F)cc3C2)C1. The van der Waals surface area contributed by atoms with Crippen molar-refractivity contribution in [3.05, 3.63) is 29.1 Å². The molecule has 3 amide bonds. The summed E-state index contributed by atoms with van der Waals surface area (Å²) in [6.07, 6.45) is -2.10. The molecule has 0 unspecified atom stereocenters. The summed E-state index contributed by atoms with van der Waals surface area (Å²) < 4.78 is 39.5. The number of aromatic nitrogens is 1. The maximum Gasteiger partial charge on any atom is 0.417 e. The Balaban J connectivity index is 1.52. The summed E-state index contributed by atoms with van der Waals surface area (Å²) >= 11 is 0. The number of hydrogen-bond donors (Lipinski definition) is 2.